The van der Waals surface area contributed by atoms with E-state index >= 15 is 0 Å². The third-order valence-corrected chi connectivity index (χ3v) is 4.44. The quantitative estimate of drug-likeness (QED) is 0.903. The molecule has 0 bridgehead atoms. The second-order valence-corrected chi connectivity index (χ2v) is 6.74. The van der Waals surface area contributed by atoms with Crippen LogP contribution in [0.25, 0.3) is 0 Å². The van der Waals surface area contributed by atoms with E-state index in [1.165, 1.54) is 11.1 Å². The second-order valence-electron chi connectivity index (χ2n) is 6.74. The van der Waals surface area contributed by atoms with E-state index in [1.807, 2.05) is 0 Å². The summed E-state index contributed by atoms with van der Waals surface area (Å²) in [5.41, 5.74) is 2.28. The van der Waals surface area contributed by atoms with E-state index in [4.69, 9.17) is 14.2 Å². The van der Waals surface area contributed by atoms with Gasteiger partial charge in [-0.25, -0.2) is 0 Å². The van der Waals surface area contributed by atoms with Crippen molar-refractivity contribution in [2.45, 2.75) is 44.4 Å². The average molecular weight is 291 g/mol. The van der Waals surface area contributed by atoms with Crippen molar-refractivity contribution in [2.24, 2.45) is 0 Å². The van der Waals surface area contributed by atoms with Crippen molar-refractivity contribution in [3.8, 4) is 5.75 Å². The van der Waals surface area contributed by atoms with Gasteiger partial charge < -0.3 is 19.5 Å². The molecule has 3 rings (SSSR count). The summed E-state index contributed by atoms with van der Waals surface area (Å²) in [6.45, 7) is 7.33. The number of ether oxygens (including phenoxy) is 3. The number of rotatable bonds is 5. The molecule has 1 atom stereocenters. The summed E-state index contributed by atoms with van der Waals surface area (Å²) in [5, 5.41) is 3.51. The van der Waals surface area contributed by atoms with E-state index in [0.717, 1.165) is 38.3 Å². The zero-order chi connectivity index (χ0) is 14.9. The van der Waals surface area contributed by atoms with Gasteiger partial charge in [0.1, 0.15) is 17.0 Å². The predicted octanol–water partition coefficient (Wildman–Crippen LogP) is 2.30. The smallest absolute Gasteiger partial charge is 0.127 e. The van der Waals surface area contributed by atoms with Gasteiger partial charge in [0.05, 0.1) is 6.61 Å². The molecule has 1 unspecified atom stereocenters. The Morgan fingerprint density at radius 3 is 2.90 bits per heavy atom. The Morgan fingerprint density at radius 2 is 2.19 bits per heavy atom. The molecule has 2 aliphatic heterocycles. The van der Waals surface area contributed by atoms with Gasteiger partial charge in [-0.15, -0.1) is 0 Å². The lowest BCUT2D eigenvalue weighted by Gasteiger charge is -2.26. The van der Waals surface area contributed by atoms with Gasteiger partial charge >= 0.3 is 0 Å². The number of nitrogens with one attached hydrogen (secondary N) is 1. The standard InChI is InChI=1S/C17H25NO3/c1-16(2)9-13-5-4-6-14(15(13)21-16)10-18-11-17(19-3)7-8-20-12-17/h4-6,18H,7-12H2,1-3H3. The number of para-hydroxylation sites is 1. The minimum absolute atomic E-state index is 0.0918. The molecular weight excluding hydrogens is 266 g/mol. The summed E-state index contributed by atoms with van der Waals surface area (Å²) < 4.78 is 17.2. The maximum atomic E-state index is 6.10. The molecule has 1 N–H and O–H groups in total. The van der Waals surface area contributed by atoms with E-state index in [-0.39, 0.29) is 11.2 Å². The van der Waals surface area contributed by atoms with Crippen molar-refractivity contribution in [2.75, 3.05) is 26.9 Å². The van der Waals surface area contributed by atoms with Crippen LogP contribution in [0.5, 0.6) is 5.75 Å². The molecule has 0 amide bonds. The van der Waals surface area contributed by atoms with Crippen LogP contribution >= 0.6 is 0 Å². The van der Waals surface area contributed by atoms with Crippen LogP contribution in [0.3, 0.4) is 0 Å². The molecule has 2 heterocycles. The minimum Gasteiger partial charge on any atom is -0.487 e. The zero-order valence-electron chi connectivity index (χ0n) is 13.2. The lowest BCUT2D eigenvalue weighted by Crippen LogP contribution is -2.42. The number of methoxy groups -OCH3 is 1. The van der Waals surface area contributed by atoms with Gasteiger partial charge in [0.15, 0.2) is 0 Å². The molecule has 2 aliphatic rings. The summed E-state index contributed by atoms with van der Waals surface area (Å²) in [7, 11) is 1.77. The van der Waals surface area contributed by atoms with Gasteiger partial charge in [-0.2, -0.15) is 0 Å². The van der Waals surface area contributed by atoms with Crippen molar-refractivity contribution in [3.63, 3.8) is 0 Å². The van der Waals surface area contributed by atoms with Crippen LogP contribution in [0, 0.1) is 0 Å². The highest BCUT2D eigenvalue weighted by Crippen LogP contribution is 2.37. The fraction of sp³-hybridized carbons (Fsp3) is 0.647. The topological polar surface area (TPSA) is 39.7 Å². The molecule has 0 saturated carbocycles. The van der Waals surface area contributed by atoms with Crippen LogP contribution in [0.15, 0.2) is 18.2 Å². The fourth-order valence-electron chi connectivity index (χ4n) is 3.20. The molecule has 0 radical (unpaired) electrons. The SMILES string of the molecule is COC1(CNCc2cccc3c2OC(C)(C)C3)CCOC1. The first-order valence-corrected chi connectivity index (χ1v) is 7.67. The van der Waals surface area contributed by atoms with Crippen molar-refractivity contribution in [1.29, 1.82) is 0 Å². The third kappa shape index (κ3) is 3.07. The molecule has 0 aliphatic carbocycles. The van der Waals surface area contributed by atoms with Crippen LogP contribution in [0.1, 0.15) is 31.4 Å². The number of benzene rings is 1. The van der Waals surface area contributed by atoms with E-state index < -0.39 is 0 Å². The molecule has 0 spiro atoms. The highest BCUT2D eigenvalue weighted by molar-refractivity contribution is 5.45. The normalized spacial score (nSPS) is 26.6. The first-order chi connectivity index (χ1) is 10.0. The Morgan fingerprint density at radius 1 is 1.33 bits per heavy atom. The Balaban J connectivity index is 1.63. The van der Waals surface area contributed by atoms with E-state index in [2.05, 4.69) is 37.4 Å². The summed E-state index contributed by atoms with van der Waals surface area (Å²) in [6, 6.07) is 6.41. The molecule has 1 aromatic carbocycles. The van der Waals surface area contributed by atoms with Crippen molar-refractivity contribution in [3.05, 3.63) is 29.3 Å². The van der Waals surface area contributed by atoms with Crippen molar-refractivity contribution in [1.82, 2.24) is 5.32 Å². The lowest BCUT2D eigenvalue weighted by molar-refractivity contribution is -0.0159. The summed E-state index contributed by atoms with van der Waals surface area (Å²) in [4.78, 5) is 0. The van der Waals surface area contributed by atoms with E-state index in [1.54, 1.807) is 7.11 Å². The number of hydrogen-bond acceptors (Lipinski definition) is 4. The highest BCUT2D eigenvalue weighted by atomic mass is 16.5. The highest BCUT2D eigenvalue weighted by Gasteiger charge is 2.35. The first-order valence-electron chi connectivity index (χ1n) is 7.67. The largest absolute Gasteiger partial charge is 0.487 e. The zero-order valence-corrected chi connectivity index (χ0v) is 13.2. The van der Waals surface area contributed by atoms with Gasteiger partial charge in [-0.3, -0.25) is 0 Å². The van der Waals surface area contributed by atoms with Crippen LogP contribution in [0.2, 0.25) is 0 Å². The summed E-state index contributed by atoms with van der Waals surface area (Å²) in [5.74, 6) is 1.06. The molecule has 1 saturated heterocycles. The maximum absolute atomic E-state index is 6.10. The summed E-state index contributed by atoms with van der Waals surface area (Å²) >= 11 is 0. The van der Waals surface area contributed by atoms with Crippen LogP contribution in [0.4, 0.5) is 0 Å². The van der Waals surface area contributed by atoms with Crippen molar-refractivity contribution >= 4 is 0 Å². The Bertz CT molecular complexity index is 507. The van der Waals surface area contributed by atoms with Gasteiger partial charge in [-0.05, 0) is 19.4 Å². The van der Waals surface area contributed by atoms with Crippen molar-refractivity contribution < 1.29 is 14.2 Å². The Kier molecular flexibility index (Phi) is 3.95. The predicted molar refractivity (Wildman–Crippen MR) is 81.7 cm³/mol. The van der Waals surface area contributed by atoms with Crippen LogP contribution in [-0.4, -0.2) is 38.1 Å². The average Bonchev–Trinajstić information content (AvgIpc) is 3.02. The lowest BCUT2D eigenvalue weighted by atomic mass is 10.00. The second kappa shape index (κ2) is 5.59. The van der Waals surface area contributed by atoms with Gasteiger partial charge in [0, 0.05) is 45.2 Å². The molecule has 21 heavy (non-hydrogen) atoms. The number of fused-ring (bicyclic) bond motifs is 1. The minimum atomic E-state index is -0.169. The molecule has 1 fully saturated rings. The van der Waals surface area contributed by atoms with Gasteiger partial charge in [0.25, 0.3) is 0 Å². The van der Waals surface area contributed by atoms with Crippen LogP contribution in [-0.2, 0) is 22.4 Å². The Hall–Kier alpha value is -1.10. The molecule has 4 nitrogen and oxygen atoms in total. The third-order valence-electron chi connectivity index (χ3n) is 4.44. The Labute approximate surface area is 126 Å². The monoisotopic (exact) mass is 291 g/mol. The molecule has 1 aromatic rings. The van der Waals surface area contributed by atoms with E-state index in [0.29, 0.717) is 6.61 Å². The fourth-order valence-corrected chi connectivity index (χ4v) is 3.20. The molecular formula is C17H25NO3. The molecule has 116 valence electrons. The number of hydrogen-bond donors (Lipinski definition) is 1. The van der Waals surface area contributed by atoms with Gasteiger partial charge in [-0.1, -0.05) is 18.2 Å². The van der Waals surface area contributed by atoms with Gasteiger partial charge in [0.2, 0.25) is 0 Å². The molecule has 4 heteroatoms. The molecule has 0 aromatic heterocycles. The van der Waals surface area contributed by atoms with Crippen LogP contribution < -0.4 is 10.1 Å². The van der Waals surface area contributed by atoms with E-state index in [9.17, 15) is 0 Å². The summed E-state index contributed by atoms with van der Waals surface area (Å²) in [6.07, 6.45) is 1.93. The maximum Gasteiger partial charge on any atom is 0.127 e. The first kappa shape index (κ1) is 14.8.